The van der Waals surface area contributed by atoms with Crippen LogP contribution in [0.25, 0.3) is 0 Å². The van der Waals surface area contributed by atoms with Crippen LogP contribution in [0.4, 0.5) is 5.69 Å². The Morgan fingerprint density at radius 3 is 2.65 bits per heavy atom. The topological polar surface area (TPSA) is 70.0 Å². The molecule has 2 aliphatic heterocycles. The fourth-order valence-corrected chi connectivity index (χ4v) is 4.10. The molecule has 23 heavy (non-hydrogen) atoms. The SMILES string of the molecule is CCCN1C=NS(=O)(=O)c2cc(C(=O)N3CCCCC3)ccc21. The van der Waals surface area contributed by atoms with Gasteiger partial charge in [0.15, 0.2) is 0 Å². The van der Waals surface area contributed by atoms with E-state index in [0.29, 0.717) is 17.8 Å². The summed E-state index contributed by atoms with van der Waals surface area (Å²) >= 11 is 0. The number of amides is 1. The van der Waals surface area contributed by atoms with E-state index >= 15 is 0 Å². The number of piperidine rings is 1. The number of likely N-dealkylation sites (tertiary alicyclic amines) is 1. The second-order valence-corrected chi connectivity index (χ2v) is 7.53. The average molecular weight is 335 g/mol. The van der Waals surface area contributed by atoms with E-state index in [0.717, 1.165) is 38.8 Å². The summed E-state index contributed by atoms with van der Waals surface area (Å²) in [6.07, 6.45) is 5.38. The Bertz CT molecular complexity index is 737. The number of fused-ring (bicyclic) bond motifs is 1. The fourth-order valence-electron chi connectivity index (χ4n) is 3.03. The lowest BCUT2D eigenvalue weighted by Crippen LogP contribution is -2.36. The van der Waals surface area contributed by atoms with Crippen LogP contribution in [-0.4, -0.2) is 45.2 Å². The van der Waals surface area contributed by atoms with Gasteiger partial charge in [0.2, 0.25) is 0 Å². The van der Waals surface area contributed by atoms with Gasteiger partial charge < -0.3 is 9.80 Å². The summed E-state index contributed by atoms with van der Waals surface area (Å²) in [6, 6.07) is 4.90. The maximum atomic E-state index is 12.6. The zero-order valence-electron chi connectivity index (χ0n) is 13.2. The first-order valence-corrected chi connectivity index (χ1v) is 9.47. The van der Waals surface area contributed by atoms with Crippen molar-refractivity contribution in [1.82, 2.24) is 4.90 Å². The van der Waals surface area contributed by atoms with Gasteiger partial charge in [-0.2, -0.15) is 8.42 Å². The number of hydrogen-bond acceptors (Lipinski definition) is 4. The first-order valence-electron chi connectivity index (χ1n) is 8.03. The Morgan fingerprint density at radius 2 is 1.96 bits per heavy atom. The molecule has 0 spiro atoms. The number of rotatable bonds is 3. The lowest BCUT2D eigenvalue weighted by Gasteiger charge is -2.28. The van der Waals surface area contributed by atoms with Gasteiger partial charge in [-0.15, -0.1) is 4.40 Å². The van der Waals surface area contributed by atoms with E-state index in [1.165, 1.54) is 12.4 Å². The van der Waals surface area contributed by atoms with Gasteiger partial charge in [0.1, 0.15) is 11.2 Å². The number of carbonyl (C=O) groups excluding carboxylic acids is 1. The zero-order chi connectivity index (χ0) is 16.4. The average Bonchev–Trinajstić information content (AvgIpc) is 2.57. The summed E-state index contributed by atoms with van der Waals surface area (Å²) < 4.78 is 28.1. The summed E-state index contributed by atoms with van der Waals surface area (Å²) in [6.45, 7) is 4.18. The van der Waals surface area contributed by atoms with Crippen molar-refractivity contribution in [3.63, 3.8) is 0 Å². The van der Waals surface area contributed by atoms with Crippen molar-refractivity contribution in [2.24, 2.45) is 4.40 Å². The third-order valence-electron chi connectivity index (χ3n) is 4.23. The minimum atomic E-state index is -3.72. The largest absolute Gasteiger partial charge is 0.339 e. The summed E-state index contributed by atoms with van der Waals surface area (Å²) in [4.78, 5) is 16.3. The molecule has 0 aromatic heterocycles. The molecule has 0 atom stereocenters. The highest BCUT2D eigenvalue weighted by Crippen LogP contribution is 2.31. The Morgan fingerprint density at radius 1 is 1.22 bits per heavy atom. The summed E-state index contributed by atoms with van der Waals surface area (Å²) in [5, 5.41) is 0. The smallest absolute Gasteiger partial charge is 0.285 e. The van der Waals surface area contributed by atoms with E-state index in [2.05, 4.69) is 4.40 Å². The molecule has 0 unspecified atom stereocenters. The van der Waals surface area contributed by atoms with Gasteiger partial charge in [0.25, 0.3) is 15.9 Å². The van der Waals surface area contributed by atoms with Crippen molar-refractivity contribution in [3.05, 3.63) is 23.8 Å². The Labute approximate surface area is 136 Å². The van der Waals surface area contributed by atoms with E-state index in [1.54, 1.807) is 17.0 Å². The van der Waals surface area contributed by atoms with Gasteiger partial charge in [0.05, 0.1) is 5.69 Å². The third kappa shape index (κ3) is 3.10. The molecule has 1 fully saturated rings. The van der Waals surface area contributed by atoms with Crippen LogP contribution in [0.1, 0.15) is 43.0 Å². The standard InChI is InChI=1S/C16H21N3O3S/c1-2-8-19-12-17-23(21,22)15-11-13(6-7-14(15)19)16(20)18-9-4-3-5-10-18/h6-7,11-12H,2-5,8-10H2,1H3. The molecule has 2 heterocycles. The van der Waals surface area contributed by atoms with Crippen LogP contribution in [0.15, 0.2) is 27.5 Å². The molecule has 1 aromatic carbocycles. The predicted octanol–water partition coefficient (Wildman–Crippen LogP) is 2.26. The first-order chi connectivity index (χ1) is 11.0. The Hall–Kier alpha value is -1.89. The predicted molar refractivity (Wildman–Crippen MR) is 89.5 cm³/mol. The molecular formula is C16H21N3O3S. The number of nitrogens with zero attached hydrogens (tertiary/aromatic N) is 3. The van der Waals surface area contributed by atoms with Crippen molar-refractivity contribution in [2.45, 2.75) is 37.5 Å². The van der Waals surface area contributed by atoms with Crippen LogP contribution in [-0.2, 0) is 10.0 Å². The molecule has 0 bridgehead atoms. The van der Waals surface area contributed by atoms with E-state index in [9.17, 15) is 13.2 Å². The first kappa shape index (κ1) is 16.0. The van der Waals surface area contributed by atoms with Crippen molar-refractivity contribution in [1.29, 1.82) is 0 Å². The van der Waals surface area contributed by atoms with Crippen LogP contribution in [0, 0.1) is 0 Å². The summed E-state index contributed by atoms with van der Waals surface area (Å²) in [5.41, 5.74) is 1.01. The lowest BCUT2D eigenvalue weighted by atomic mass is 10.1. The third-order valence-corrected chi connectivity index (χ3v) is 5.48. The maximum absolute atomic E-state index is 12.6. The molecule has 124 valence electrons. The molecule has 7 heteroatoms. The van der Waals surface area contributed by atoms with Gasteiger partial charge in [-0.1, -0.05) is 6.92 Å². The molecule has 2 aliphatic rings. The second kappa shape index (κ2) is 6.31. The van der Waals surface area contributed by atoms with Crippen LogP contribution in [0.3, 0.4) is 0 Å². The van der Waals surface area contributed by atoms with Gasteiger partial charge in [-0.25, -0.2) is 0 Å². The molecule has 6 nitrogen and oxygen atoms in total. The van der Waals surface area contributed by atoms with Crippen molar-refractivity contribution in [3.8, 4) is 0 Å². The highest BCUT2D eigenvalue weighted by Gasteiger charge is 2.27. The monoisotopic (exact) mass is 335 g/mol. The fraction of sp³-hybridized carbons (Fsp3) is 0.500. The van der Waals surface area contributed by atoms with Gasteiger partial charge in [-0.05, 0) is 43.9 Å². The minimum Gasteiger partial charge on any atom is -0.339 e. The van der Waals surface area contributed by atoms with Crippen molar-refractivity contribution >= 4 is 28.0 Å². The molecule has 3 rings (SSSR count). The summed E-state index contributed by atoms with van der Waals surface area (Å²) in [5.74, 6) is -0.0979. The zero-order valence-corrected chi connectivity index (χ0v) is 14.1. The number of benzene rings is 1. The Kier molecular flexibility index (Phi) is 4.39. The van der Waals surface area contributed by atoms with E-state index in [-0.39, 0.29) is 10.8 Å². The number of anilines is 1. The van der Waals surface area contributed by atoms with Crippen molar-refractivity contribution < 1.29 is 13.2 Å². The van der Waals surface area contributed by atoms with Gasteiger partial charge >= 0.3 is 0 Å². The van der Waals surface area contributed by atoms with E-state index < -0.39 is 10.0 Å². The number of sulfonamides is 1. The molecule has 0 radical (unpaired) electrons. The molecule has 1 aromatic rings. The van der Waals surface area contributed by atoms with Crippen LogP contribution >= 0.6 is 0 Å². The van der Waals surface area contributed by atoms with E-state index in [1.807, 2.05) is 11.8 Å². The molecular weight excluding hydrogens is 314 g/mol. The molecule has 1 saturated heterocycles. The lowest BCUT2D eigenvalue weighted by molar-refractivity contribution is 0.0724. The highest BCUT2D eigenvalue weighted by molar-refractivity contribution is 7.90. The second-order valence-electron chi connectivity index (χ2n) is 5.92. The van der Waals surface area contributed by atoms with Gasteiger partial charge in [0, 0.05) is 25.2 Å². The molecule has 1 amide bonds. The highest BCUT2D eigenvalue weighted by atomic mass is 32.2. The Balaban J connectivity index is 1.96. The normalized spacial score (nSPS) is 19.5. The molecule has 0 N–H and O–H groups in total. The quantitative estimate of drug-likeness (QED) is 0.849. The van der Waals surface area contributed by atoms with Crippen molar-refractivity contribution in [2.75, 3.05) is 24.5 Å². The van der Waals surface area contributed by atoms with Gasteiger partial charge in [-0.3, -0.25) is 4.79 Å². The van der Waals surface area contributed by atoms with Crippen LogP contribution < -0.4 is 4.90 Å². The summed E-state index contributed by atoms with van der Waals surface area (Å²) in [7, 11) is -3.72. The van der Waals surface area contributed by atoms with Crippen LogP contribution in [0.5, 0.6) is 0 Å². The van der Waals surface area contributed by atoms with Crippen LogP contribution in [0.2, 0.25) is 0 Å². The number of carbonyl (C=O) groups is 1. The molecule has 0 aliphatic carbocycles. The molecule has 0 saturated carbocycles. The number of hydrogen-bond donors (Lipinski definition) is 0. The van der Waals surface area contributed by atoms with E-state index in [4.69, 9.17) is 0 Å². The minimum absolute atomic E-state index is 0.0979. The maximum Gasteiger partial charge on any atom is 0.285 e.